The molecule has 0 amide bonds. The van der Waals surface area contributed by atoms with Crippen molar-refractivity contribution in [1.29, 1.82) is 0 Å². The fourth-order valence-electron chi connectivity index (χ4n) is 2.34. The molecule has 20 heavy (non-hydrogen) atoms. The SMILES string of the molecule is Cc1ccc2sc(-c3ccc4sc(C)nc4c3)nc2c1. The average Bonchev–Trinajstić information content (AvgIpc) is 2.99. The van der Waals surface area contributed by atoms with Gasteiger partial charge in [0.25, 0.3) is 0 Å². The third-order valence-electron chi connectivity index (χ3n) is 3.28. The maximum Gasteiger partial charge on any atom is 0.124 e. The Balaban J connectivity index is 1.90. The Bertz CT molecular complexity index is 934. The number of benzene rings is 2. The van der Waals surface area contributed by atoms with Gasteiger partial charge in [0.1, 0.15) is 5.01 Å². The molecule has 0 saturated heterocycles. The Morgan fingerprint density at radius 2 is 1.55 bits per heavy atom. The van der Waals surface area contributed by atoms with E-state index in [9.17, 15) is 0 Å². The zero-order valence-electron chi connectivity index (χ0n) is 11.2. The summed E-state index contributed by atoms with van der Waals surface area (Å²) >= 11 is 3.47. The summed E-state index contributed by atoms with van der Waals surface area (Å²) in [7, 11) is 0. The minimum Gasteiger partial charge on any atom is -0.241 e. The first kappa shape index (κ1) is 12.0. The summed E-state index contributed by atoms with van der Waals surface area (Å²) in [5, 5.41) is 2.18. The van der Waals surface area contributed by atoms with Gasteiger partial charge in [0.2, 0.25) is 0 Å². The molecular formula is C16H12N2S2. The molecule has 0 unspecified atom stereocenters. The normalized spacial score (nSPS) is 11.5. The number of hydrogen-bond acceptors (Lipinski definition) is 4. The van der Waals surface area contributed by atoms with E-state index in [1.807, 2.05) is 6.92 Å². The molecule has 0 radical (unpaired) electrons. The van der Waals surface area contributed by atoms with E-state index >= 15 is 0 Å². The molecule has 2 heterocycles. The van der Waals surface area contributed by atoms with Crippen LogP contribution in [0.3, 0.4) is 0 Å². The highest BCUT2D eigenvalue weighted by Crippen LogP contribution is 2.33. The second-order valence-corrected chi connectivity index (χ2v) is 7.17. The molecule has 0 aliphatic rings. The second-order valence-electron chi connectivity index (χ2n) is 4.91. The lowest BCUT2D eigenvalue weighted by atomic mass is 10.2. The van der Waals surface area contributed by atoms with E-state index in [0.717, 1.165) is 26.6 Å². The van der Waals surface area contributed by atoms with Crippen LogP contribution in [0.2, 0.25) is 0 Å². The minimum absolute atomic E-state index is 1.07. The first-order valence-corrected chi connectivity index (χ1v) is 8.07. The van der Waals surface area contributed by atoms with Gasteiger partial charge in [-0.15, -0.1) is 22.7 Å². The number of fused-ring (bicyclic) bond motifs is 2. The summed E-state index contributed by atoms with van der Waals surface area (Å²) in [6.45, 7) is 4.15. The van der Waals surface area contributed by atoms with E-state index < -0.39 is 0 Å². The zero-order valence-corrected chi connectivity index (χ0v) is 12.8. The van der Waals surface area contributed by atoms with Gasteiger partial charge in [-0.25, -0.2) is 9.97 Å². The molecule has 2 nitrogen and oxygen atoms in total. The van der Waals surface area contributed by atoms with Gasteiger partial charge in [0.15, 0.2) is 0 Å². The van der Waals surface area contributed by atoms with Crippen molar-refractivity contribution in [2.75, 3.05) is 0 Å². The number of thiazole rings is 2. The van der Waals surface area contributed by atoms with Gasteiger partial charge in [0.05, 0.1) is 25.4 Å². The molecule has 0 aliphatic heterocycles. The molecule has 0 N–H and O–H groups in total. The van der Waals surface area contributed by atoms with Gasteiger partial charge in [0, 0.05) is 5.56 Å². The fraction of sp³-hybridized carbons (Fsp3) is 0.125. The summed E-state index contributed by atoms with van der Waals surface area (Å²) in [6.07, 6.45) is 0. The monoisotopic (exact) mass is 296 g/mol. The van der Waals surface area contributed by atoms with Gasteiger partial charge >= 0.3 is 0 Å². The van der Waals surface area contributed by atoms with Crippen molar-refractivity contribution in [3.63, 3.8) is 0 Å². The van der Waals surface area contributed by atoms with Crippen molar-refractivity contribution < 1.29 is 0 Å². The van der Waals surface area contributed by atoms with E-state index in [2.05, 4.69) is 48.3 Å². The summed E-state index contributed by atoms with van der Waals surface area (Å²) in [6, 6.07) is 12.9. The van der Waals surface area contributed by atoms with Gasteiger partial charge in [-0.05, 0) is 43.7 Å². The standard InChI is InChI=1S/C16H12N2S2/c1-9-3-5-15-12(7-9)18-16(20-15)11-4-6-14-13(8-11)17-10(2)19-14/h3-8H,1-2H3. The molecular weight excluding hydrogens is 284 g/mol. The maximum atomic E-state index is 4.75. The van der Waals surface area contributed by atoms with Gasteiger partial charge in [-0.2, -0.15) is 0 Å². The van der Waals surface area contributed by atoms with Crippen LogP contribution in [0.5, 0.6) is 0 Å². The van der Waals surface area contributed by atoms with Crippen molar-refractivity contribution >= 4 is 43.1 Å². The van der Waals surface area contributed by atoms with Crippen LogP contribution in [0, 0.1) is 13.8 Å². The molecule has 4 heteroatoms. The number of nitrogens with zero attached hydrogens (tertiary/aromatic N) is 2. The van der Waals surface area contributed by atoms with Crippen molar-refractivity contribution in [2.45, 2.75) is 13.8 Å². The number of rotatable bonds is 1. The summed E-state index contributed by atoms with van der Waals surface area (Å²) in [4.78, 5) is 9.31. The highest BCUT2D eigenvalue weighted by atomic mass is 32.1. The van der Waals surface area contributed by atoms with Crippen molar-refractivity contribution in [1.82, 2.24) is 9.97 Å². The van der Waals surface area contributed by atoms with Crippen molar-refractivity contribution in [3.8, 4) is 10.6 Å². The van der Waals surface area contributed by atoms with Crippen LogP contribution >= 0.6 is 22.7 Å². The Labute approximate surface area is 124 Å². The van der Waals surface area contributed by atoms with E-state index in [4.69, 9.17) is 4.98 Å². The quantitative estimate of drug-likeness (QED) is 0.483. The van der Waals surface area contributed by atoms with Gasteiger partial charge < -0.3 is 0 Å². The van der Waals surface area contributed by atoms with E-state index in [-0.39, 0.29) is 0 Å². The highest BCUT2D eigenvalue weighted by Gasteiger charge is 2.08. The molecule has 0 atom stereocenters. The lowest BCUT2D eigenvalue weighted by Gasteiger charge is -1.95. The molecule has 0 bridgehead atoms. The summed E-state index contributed by atoms with van der Waals surface area (Å²) < 4.78 is 2.48. The molecule has 98 valence electrons. The van der Waals surface area contributed by atoms with Crippen molar-refractivity contribution in [2.24, 2.45) is 0 Å². The van der Waals surface area contributed by atoms with Crippen molar-refractivity contribution in [3.05, 3.63) is 47.0 Å². The molecule has 2 aromatic carbocycles. The Morgan fingerprint density at radius 3 is 2.45 bits per heavy atom. The smallest absolute Gasteiger partial charge is 0.124 e. The predicted molar refractivity (Wildman–Crippen MR) is 87.7 cm³/mol. The van der Waals surface area contributed by atoms with Crippen LogP contribution in [0.4, 0.5) is 0 Å². The third kappa shape index (κ3) is 1.92. The highest BCUT2D eigenvalue weighted by molar-refractivity contribution is 7.21. The van der Waals surface area contributed by atoms with E-state index in [1.165, 1.54) is 15.0 Å². The molecule has 4 rings (SSSR count). The van der Waals surface area contributed by atoms with Crippen LogP contribution in [0.15, 0.2) is 36.4 Å². The first-order valence-electron chi connectivity index (χ1n) is 6.44. The number of aryl methyl sites for hydroxylation is 2. The lowest BCUT2D eigenvalue weighted by molar-refractivity contribution is 1.35. The third-order valence-corrected chi connectivity index (χ3v) is 5.32. The van der Waals surface area contributed by atoms with Crippen LogP contribution in [-0.2, 0) is 0 Å². The van der Waals surface area contributed by atoms with Crippen LogP contribution in [-0.4, -0.2) is 9.97 Å². The lowest BCUT2D eigenvalue weighted by Crippen LogP contribution is -1.77. The molecule has 2 aromatic heterocycles. The number of aromatic nitrogens is 2. The van der Waals surface area contributed by atoms with Crippen LogP contribution in [0.1, 0.15) is 10.6 Å². The predicted octanol–water partition coefficient (Wildman–Crippen LogP) is 5.19. The molecule has 0 fully saturated rings. The largest absolute Gasteiger partial charge is 0.241 e. The minimum atomic E-state index is 1.07. The number of hydrogen-bond donors (Lipinski definition) is 0. The Morgan fingerprint density at radius 1 is 0.800 bits per heavy atom. The molecule has 0 spiro atoms. The summed E-state index contributed by atoms with van der Waals surface area (Å²) in [5.74, 6) is 0. The Hall–Kier alpha value is -1.78. The Kier molecular flexibility index (Phi) is 2.62. The fourth-order valence-corrected chi connectivity index (χ4v) is 4.09. The molecule has 0 aliphatic carbocycles. The van der Waals surface area contributed by atoms with Gasteiger partial charge in [-0.3, -0.25) is 0 Å². The average molecular weight is 296 g/mol. The van der Waals surface area contributed by atoms with Crippen LogP contribution < -0.4 is 0 Å². The first-order chi connectivity index (χ1) is 9.69. The van der Waals surface area contributed by atoms with Gasteiger partial charge in [-0.1, -0.05) is 12.1 Å². The second kappa shape index (κ2) is 4.36. The van der Waals surface area contributed by atoms with Crippen LogP contribution in [0.25, 0.3) is 31.0 Å². The molecule has 4 aromatic rings. The maximum absolute atomic E-state index is 4.75. The zero-order chi connectivity index (χ0) is 13.7. The topological polar surface area (TPSA) is 25.8 Å². The van der Waals surface area contributed by atoms with E-state index in [0.29, 0.717) is 0 Å². The molecule has 0 saturated carbocycles. The summed E-state index contributed by atoms with van der Waals surface area (Å²) in [5.41, 5.74) is 4.56. The van der Waals surface area contributed by atoms with E-state index in [1.54, 1.807) is 22.7 Å².